The number of carbonyl (C=O) groups is 1. The van der Waals surface area contributed by atoms with Crippen LogP contribution in [0.15, 0.2) is 23.1 Å². The number of rotatable bonds is 2. The van der Waals surface area contributed by atoms with Crippen LogP contribution in [-0.2, 0) is 17.8 Å². The average molecular weight is 357 g/mol. The van der Waals surface area contributed by atoms with Crippen molar-refractivity contribution in [1.29, 1.82) is 0 Å². The van der Waals surface area contributed by atoms with Gasteiger partial charge in [-0.15, -0.1) is 0 Å². The molecular formula is C12H11BrClN5O. The largest absolute Gasteiger partial charge is 0.347 e. The molecular weight excluding hydrogens is 346 g/mol. The van der Waals surface area contributed by atoms with Crippen LogP contribution in [0.2, 0.25) is 5.15 Å². The summed E-state index contributed by atoms with van der Waals surface area (Å²) >= 11 is 9.09. The predicted octanol–water partition coefficient (Wildman–Crippen LogP) is 1.87. The second-order valence-corrected chi connectivity index (χ2v) is 5.66. The predicted molar refractivity (Wildman–Crippen MR) is 78.5 cm³/mol. The number of carbonyl (C=O) groups excluding carboxylic acids is 1. The highest BCUT2D eigenvalue weighted by molar-refractivity contribution is 9.10. The Labute approximate surface area is 128 Å². The molecule has 0 aliphatic carbocycles. The molecule has 1 atom stereocenters. The molecule has 3 heterocycles. The molecule has 1 unspecified atom stereocenters. The summed E-state index contributed by atoms with van der Waals surface area (Å²) in [5, 5.41) is 6.34. The Morgan fingerprint density at radius 2 is 2.35 bits per heavy atom. The molecule has 3 N–H and O–H groups in total. The number of aromatic amines is 1. The normalized spacial score (nSPS) is 17.6. The van der Waals surface area contributed by atoms with E-state index in [1.165, 1.54) is 6.20 Å². The van der Waals surface area contributed by atoms with Gasteiger partial charge in [0.1, 0.15) is 5.15 Å². The molecule has 0 bridgehead atoms. The van der Waals surface area contributed by atoms with Crippen molar-refractivity contribution in [3.8, 4) is 0 Å². The van der Waals surface area contributed by atoms with E-state index in [1.54, 1.807) is 12.4 Å². The molecule has 0 saturated carbocycles. The first-order valence-corrected chi connectivity index (χ1v) is 7.17. The molecule has 3 rings (SSSR count). The van der Waals surface area contributed by atoms with E-state index in [0.29, 0.717) is 28.3 Å². The van der Waals surface area contributed by atoms with E-state index < -0.39 is 0 Å². The molecule has 0 saturated heterocycles. The van der Waals surface area contributed by atoms with Crippen molar-refractivity contribution >= 4 is 39.1 Å². The van der Waals surface area contributed by atoms with Gasteiger partial charge in [0.15, 0.2) is 0 Å². The molecule has 1 amide bonds. The van der Waals surface area contributed by atoms with Gasteiger partial charge in [0, 0.05) is 13.0 Å². The summed E-state index contributed by atoms with van der Waals surface area (Å²) < 4.78 is 0.642. The van der Waals surface area contributed by atoms with Crippen LogP contribution in [0.1, 0.15) is 11.4 Å². The van der Waals surface area contributed by atoms with E-state index in [9.17, 15) is 4.79 Å². The molecule has 2 aromatic heterocycles. The van der Waals surface area contributed by atoms with Crippen LogP contribution in [0.4, 0.5) is 5.69 Å². The first kappa shape index (κ1) is 13.5. The molecule has 20 heavy (non-hydrogen) atoms. The van der Waals surface area contributed by atoms with Gasteiger partial charge < -0.3 is 10.3 Å². The lowest BCUT2D eigenvalue weighted by Crippen LogP contribution is -2.44. The van der Waals surface area contributed by atoms with E-state index in [-0.39, 0.29) is 11.9 Å². The minimum atomic E-state index is -0.305. The number of amides is 1. The minimum Gasteiger partial charge on any atom is -0.347 e. The highest BCUT2D eigenvalue weighted by Crippen LogP contribution is 2.23. The SMILES string of the molecule is O=C(Nc1cnc(Cl)c(Br)c1)C1Cc2nc[nH]c2CN1. The third-order valence-electron chi connectivity index (χ3n) is 3.11. The van der Waals surface area contributed by atoms with Crippen LogP contribution < -0.4 is 10.6 Å². The van der Waals surface area contributed by atoms with Crippen LogP contribution in [0.5, 0.6) is 0 Å². The Morgan fingerprint density at radius 3 is 3.15 bits per heavy atom. The Kier molecular flexibility index (Phi) is 3.73. The number of pyridine rings is 1. The Bertz CT molecular complexity index is 659. The molecule has 0 fully saturated rings. The highest BCUT2D eigenvalue weighted by atomic mass is 79.9. The maximum Gasteiger partial charge on any atom is 0.241 e. The van der Waals surface area contributed by atoms with Crippen LogP contribution >= 0.6 is 27.5 Å². The number of halogens is 2. The summed E-state index contributed by atoms with van der Waals surface area (Å²) in [4.78, 5) is 23.4. The molecule has 8 heteroatoms. The standard InChI is InChI=1S/C12H11BrClN5O/c13-7-1-6(3-16-11(7)14)19-12(20)9-2-8-10(4-15-9)18-5-17-8/h1,3,5,9,15H,2,4H2,(H,17,18)(H,19,20). The lowest BCUT2D eigenvalue weighted by atomic mass is 10.0. The lowest BCUT2D eigenvalue weighted by Gasteiger charge is -2.22. The van der Waals surface area contributed by atoms with Crippen molar-refractivity contribution in [2.75, 3.05) is 5.32 Å². The summed E-state index contributed by atoms with van der Waals surface area (Å²) in [6.07, 6.45) is 3.73. The second kappa shape index (κ2) is 5.51. The molecule has 0 aromatic carbocycles. The first-order chi connectivity index (χ1) is 9.63. The van der Waals surface area contributed by atoms with E-state index in [2.05, 4.69) is 41.5 Å². The van der Waals surface area contributed by atoms with Crippen molar-refractivity contribution < 1.29 is 4.79 Å². The minimum absolute atomic E-state index is 0.116. The zero-order valence-corrected chi connectivity index (χ0v) is 12.6. The molecule has 6 nitrogen and oxygen atoms in total. The average Bonchev–Trinajstić information content (AvgIpc) is 2.90. The Balaban J connectivity index is 1.69. The number of hydrogen-bond donors (Lipinski definition) is 3. The highest BCUT2D eigenvalue weighted by Gasteiger charge is 2.25. The van der Waals surface area contributed by atoms with Gasteiger partial charge in [-0.05, 0) is 22.0 Å². The zero-order chi connectivity index (χ0) is 14.1. The van der Waals surface area contributed by atoms with Gasteiger partial charge in [0.25, 0.3) is 0 Å². The van der Waals surface area contributed by atoms with Gasteiger partial charge in [-0.3, -0.25) is 10.1 Å². The van der Waals surface area contributed by atoms with Crippen molar-refractivity contribution in [3.05, 3.63) is 39.6 Å². The number of aromatic nitrogens is 3. The maximum absolute atomic E-state index is 12.2. The van der Waals surface area contributed by atoms with Crippen LogP contribution in [0.25, 0.3) is 0 Å². The number of nitrogens with one attached hydrogen (secondary N) is 3. The molecule has 104 valence electrons. The molecule has 2 aromatic rings. The van der Waals surface area contributed by atoms with Gasteiger partial charge in [0.05, 0.1) is 40.1 Å². The fourth-order valence-corrected chi connectivity index (χ4v) is 2.53. The maximum atomic E-state index is 12.2. The lowest BCUT2D eigenvalue weighted by molar-refractivity contribution is -0.118. The Hall–Kier alpha value is -1.44. The summed E-state index contributed by atoms with van der Waals surface area (Å²) in [7, 11) is 0. The number of H-pyrrole nitrogens is 1. The van der Waals surface area contributed by atoms with Crippen molar-refractivity contribution in [2.24, 2.45) is 0 Å². The molecule has 1 aliphatic heterocycles. The fourth-order valence-electron chi connectivity index (χ4n) is 2.07. The quantitative estimate of drug-likeness (QED) is 0.718. The monoisotopic (exact) mass is 355 g/mol. The number of anilines is 1. The smallest absolute Gasteiger partial charge is 0.241 e. The van der Waals surface area contributed by atoms with Gasteiger partial charge in [0.2, 0.25) is 5.91 Å². The Morgan fingerprint density at radius 1 is 1.50 bits per heavy atom. The van der Waals surface area contributed by atoms with Crippen LogP contribution in [-0.4, -0.2) is 26.9 Å². The van der Waals surface area contributed by atoms with E-state index >= 15 is 0 Å². The summed E-state index contributed by atoms with van der Waals surface area (Å²) in [6.45, 7) is 0.607. The zero-order valence-electron chi connectivity index (χ0n) is 10.3. The van der Waals surface area contributed by atoms with Crippen molar-refractivity contribution in [1.82, 2.24) is 20.3 Å². The van der Waals surface area contributed by atoms with Gasteiger partial charge in [-0.25, -0.2) is 9.97 Å². The number of hydrogen-bond acceptors (Lipinski definition) is 4. The van der Waals surface area contributed by atoms with Crippen molar-refractivity contribution in [3.63, 3.8) is 0 Å². The number of fused-ring (bicyclic) bond motifs is 1. The van der Waals surface area contributed by atoms with Crippen molar-refractivity contribution in [2.45, 2.75) is 19.0 Å². The summed E-state index contributed by atoms with van der Waals surface area (Å²) in [5.74, 6) is -0.116. The third kappa shape index (κ3) is 2.70. The summed E-state index contributed by atoms with van der Waals surface area (Å²) in [5.41, 5.74) is 2.56. The molecule has 0 radical (unpaired) electrons. The van der Waals surface area contributed by atoms with Gasteiger partial charge >= 0.3 is 0 Å². The number of nitrogens with zero attached hydrogens (tertiary/aromatic N) is 2. The first-order valence-electron chi connectivity index (χ1n) is 6.00. The topological polar surface area (TPSA) is 82.7 Å². The third-order valence-corrected chi connectivity index (χ3v) is 4.24. The summed E-state index contributed by atoms with van der Waals surface area (Å²) in [6, 6.07) is 1.41. The fraction of sp³-hybridized carbons (Fsp3) is 0.250. The van der Waals surface area contributed by atoms with E-state index in [4.69, 9.17) is 11.6 Å². The van der Waals surface area contributed by atoms with E-state index in [1.807, 2.05) is 0 Å². The second-order valence-electron chi connectivity index (χ2n) is 4.45. The van der Waals surface area contributed by atoms with Gasteiger partial charge in [-0.1, -0.05) is 11.6 Å². The number of imidazole rings is 1. The molecule has 1 aliphatic rings. The van der Waals surface area contributed by atoms with Crippen LogP contribution in [0, 0.1) is 0 Å². The van der Waals surface area contributed by atoms with E-state index in [0.717, 1.165) is 11.4 Å². The molecule has 0 spiro atoms. The van der Waals surface area contributed by atoms with Crippen LogP contribution in [0.3, 0.4) is 0 Å². The van der Waals surface area contributed by atoms with Gasteiger partial charge in [-0.2, -0.15) is 0 Å².